The summed E-state index contributed by atoms with van der Waals surface area (Å²) in [7, 11) is 0. The number of aryl methyl sites for hydroxylation is 2. The maximum atomic E-state index is 14.3. The minimum absolute atomic E-state index is 0.0143. The van der Waals surface area contributed by atoms with Crippen LogP contribution in [0.4, 0.5) is 4.39 Å². The van der Waals surface area contributed by atoms with Gasteiger partial charge in [0.15, 0.2) is 0 Å². The first-order chi connectivity index (χ1) is 14.4. The molecule has 0 aliphatic heterocycles. The van der Waals surface area contributed by atoms with Gasteiger partial charge in [0.25, 0.3) is 0 Å². The van der Waals surface area contributed by atoms with Crippen molar-refractivity contribution >= 4 is 17.4 Å². The highest BCUT2D eigenvalue weighted by Crippen LogP contribution is 2.21. The summed E-state index contributed by atoms with van der Waals surface area (Å²) >= 11 is 6.08. The molecule has 3 rings (SSSR count). The minimum atomic E-state index is -0.662. The minimum Gasteiger partial charge on any atom is -0.396 e. The number of nitrogens with zero attached hydrogens (tertiary/aromatic N) is 2. The van der Waals surface area contributed by atoms with Gasteiger partial charge in [0.1, 0.15) is 11.6 Å². The molecule has 1 aromatic heterocycles. The van der Waals surface area contributed by atoms with Crippen molar-refractivity contribution in [1.29, 1.82) is 0 Å². The van der Waals surface area contributed by atoms with Crippen LogP contribution in [0.3, 0.4) is 0 Å². The second-order valence-electron chi connectivity index (χ2n) is 7.30. The average molecular weight is 431 g/mol. The van der Waals surface area contributed by atoms with Crippen molar-refractivity contribution in [2.75, 3.05) is 13.2 Å². The zero-order chi connectivity index (χ0) is 21.7. The monoisotopic (exact) mass is 430 g/mol. The average Bonchev–Trinajstić information content (AvgIpc) is 3.09. The SMILES string of the molecule is Cc1cc(CCC(=O)Cc2ccc(C(CO)CO)c(F)c2)n(-c2cccc(Cl)c2)n1. The standard InChI is InChI=1S/C23H24ClFN2O3/c1-15-9-20(27(26-15)19-4-2-3-18(24)12-19)6-7-21(30)10-16-5-8-22(23(25)11-16)17(13-28)14-29/h2-5,8-9,11-12,17,28-29H,6-7,10,13-14H2,1H3. The van der Waals surface area contributed by atoms with Gasteiger partial charge in [-0.25, -0.2) is 9.07 Å². The molecule has 0 fully saturated rings. The molecule has 1 heterocycles. The number of Topliss-reactive ketones (excluding diaryl/α,β-unsaturated/α-hetero) is 1. The van der Waals surface area contributed by atoms with Crippen LogP contribution in [0.5, 0.6) is 0 Å². The van der Waals surface area contributed by atoms with Gasteiger partial charge in [-0.2, -0.15) is 5.10 Å². The number of carbonyl (C=O) groups excluding carboxylic acids is 1. The second kappa shape index (κ2) is 9.98. The summed E-state index contributed by atoms with van der Waals surface area (Å²) in [6, 6.07) is 13.8. The molecule has 2 N–H and O–H groups in total. The molecule has 0 aliphatic rings. The molecule has 0 unspecified atom stereocenters. The van der Waals surface area contributed by atoms with Crippen molar-refractivity contribution in [2.24, 2.45) is 0 Å². The Morgan fingerprint density at radius 2 is 1.93 bits per heavy atom. The van der Waals surface area contributed by atoms with Crippen LogP contribution < -0.4 is 0 Å². The Morgan fingerprint density at radius 3 is 2.60 bits per heavy atom. The van der Waals surface area contributed by atoms with Crippen molar-refractivity contribution in [3.63, 3.8) is 0 Å². The number of carbonyl (C=O) groups is 1. The number of aliphatic hydroxyl groups excluding tert-OH is 2. The van der Waals surface area contributed by atoms with Crippen molar-refractivity contribution in [3.05, 3.63) is 81.9 Å². The van der Waals surface area contributed by atoms with Gasteiger partial charge in [0.05, 0.1) is 24.6 Å². The molecule has 0 saturated carbocycles. The molecule has 0 amide bonds. The van der Waals surface area contributed by atoms with Gasteiger partial charge in [-0.05, 0) is 54.8 Å². The maximum absolute atomic E-state index is 14.3. The van der Waals surface area contributed by atoms with Crippen LogP contribution in [0.2, 0.25) is 5.02 Å². The Balaban J connectivity index is 1.66. The molecule has 0 spiro atoms. The number of hydrogen-bond acceptors (Lipinski definition) is 4. The molecule has 30 heavy (non-hydrogen) atoms. The van der Waals surface area contributed by atoms with Crippen LogP contribution in [0.15, 0.2) is 48.5 Å². The highest BCUT2D eigenvalue weighted by atomic mass is 35.5. The Bertz CT molecular complexity index is 1030. The van der Waals surface area contributed by atoms with E-state index in [4.69, 9.17) is 11.6 Å². The van der Waals surface area contributed by atoms with Crippen LogP contribution in [0.25, 0.3) is 5.69 Å². The second-order valence-corrected chi connectivity index (χ2v) is 7.74. The smallest absolute Gasteiger partial charge is 0.137 e. The number of aromatic nitrogens is 2. The van der Waals surface area contributed by atoms with Gasteiger partial charge in [0.2, 0.25) is 0 Å². The highest BCUT2D eigenvalue weighted by molar-refractivity contribution is 6.30. The van der Waals surface area contributed by atoms with E-state index in [1.165, 1.54) is 12.1 Å². The number of benzene rings is 2. The van der Waals surface area contributed by atoms with Gasteiger partial charge < -0.3 is 10.2 Å². The van der Waals surface area contributed by atoms with E-state index in [0.717, 1.165) is 17.1 Å². The lowest BCUT2D eigenvalue weighted by atomic mass is 9.97. The van der Waals surface area contributed by atoms with E-state index in [1.54, 1.807) is 16.8 Å². The molecule has 0 saturated heterocycles. The third-order valence-electron chi connectivity index (χ3n) is 4.96. The fourth-order valence-electron chi connectivity index (χ4n) is 3.41. The Hall–Kier alpha value is -2.54. The summed E-state index contributed by atoms with van der Waals surface area (Å²) < 4.78 is 16.1. The fraction of sp³-hybridized carbons (Fsp3) is 0.304. The lowest BCUT2D eigenvalue weighted by Gasteiger charge is -2.13. The number of aliphatic hydroxyl groups is 2. The molecule has 5 nitrogen and oxygen atoms in total. The summed E-state index contributed by atoms with van der Waals surface area (Å²) in [6.45, 7) is 1.21. The first-order valence-electron chi connectivity index (χ1n) is 9.74. The molecule has 0 aliphatic carbocycles. The van der Waals surface area contributed by atoms with Gasteiger partial charge in [0, 0.05) is 29.5 Å². The van der Waals surface area contributed by atoms with Gasteiger partial charge in [-0.1, -0.05) is 29.8 Å². The van der Waals surface area contributed by atoms with Crippen molar-refractivity contribution in [2.45, 2.75) is 32.1 Å². The van der Waals surface area contributed by atoms with E-state index in [0.29, 0.717) is 23.4 Å². The molecular formula is C23H24ClFN2O3. The number of rotatable bonds is 9. The molecule has 0 bridgehead atoms. The van der Waals surface area contributed by atoms with E-state index < -0.39 is 11.7 Å². The van der Waals surface area contributed by atoms with Crippen molar-refractivity contribution in [3.8, 4) is 5.69 Å². The lowest BCUT2D eigenvalue weighted by molar-refractivity contribution is -0.118. The zero-order valence-corrected chi connectivity index (χ0v) is 17.4. The summed E-state index contributed by atoms with van der Waals surface area (Å²) in [6.07, 6.45) is 0.916. The summed E-state index contributed by atoms with van der Waals surface area (Å²) in [5.74, 6) is -1.20. The van der Waals surface area contributed by atoms with Crippen molar-refractivity contribution in [1.82, 2.24) is 9.78 Å². The summed E-state index contributed by atoms with van der Waals surface area (Å²) in [5.41, 5.74) is 3.39. The number of ketones is 1. The number of hydrogen-bond donors (Lipinski definition) is 2. The van der Waals surface area contributed by atoms with Crippen LogP contribution >= 0.6 is 11.6 Å². The Labute approximate surface area is 179 Å². The Kier molecular flexibility index (Phi) is 7.37. The zero-order valence-electron chi connectivity index (χ0n) is 16.7. The van der Waals surface area contributed by atoms with Crippen LogP contribution in [0.1, 0.15) is 34.9 Å². The number of halogens is 2. The largest absolute Gasteiger partial charge is 0.396 e. The summed E-state index contributed by atoms with van der Waals surface area (Å²) in [5, 5.41) is 23.5. The van der Waals surface area contributed by atoms with Crippen LogP contribution in [-0.2, 0) is 17.6 Å². The molecule has 3 aromatic rings. The first kappa shape index (κ1) is 22.2. The molecule has 0 atom stereocenters. The molecule has 0 radical (unpaired) electrons. The maximum Gasteiger partial charge on any atom is 0.137 e. The fourth-order valence-corrected chi connectivity index (χ4v) is 3.60. The third-order valence-corrected chi connectivity index (χ3v) is 5.20. The molecule has 7 heteroatoms. The molecular weight excluding hydrogens is 407 g/mol. The van der Waals surface area contributed by atoms with Gasteiger partial charge in [-0.3, -0.25) is 4.79 Å². The van der Waals surface area contributed by atoms with E-state index in [2.05, 4.69) is 5.10 Å². The van der Waals surface area contributed by atoms with Crippen LogP contribution in [-0.4, -0.2) is 39.0 Å². The van der Waals surface area contributed by atoms with Crippen molar-refractivity contribution < 1.29 is 19.4 Å². The predicted molar refractivity (Wildman–Crippen MR) is 114 cm³/mol. The normalized spacial score (nSPS) is 11.3. The summed E-state index contributed by atoms with van der Waals surface area (Å²) in [4.78, 5) is 12.5. The first-order valence-corrected chi connectivity index (χ1v) is 10.1. The van der Waals surface area contributed by atoms with E-state index in [9.17, 15) is 19.4 Å². The van der Waals surface area contributed by atoms with Gasteiger partial charge >= 0.3 is 0 Å². The predicted octanol–water partition coefficient (Wildman–Crippen LogP) is 3.79. The highest BCUT2D eigenvalue weighted by Gasteiger charge is 2.16. The third kappa shape index (κ3) is 5.33. The van der Waals surface area contributed by atoms with E-state index in [-0.39, 0.29) is 31.0 Å². The van der Waals surface area contributed by atoms with Gasteiger partial charge in [-0.15, -0.1) is 0 Å². The Morgan fingerprint density at radius 1 is 1.17 bits per heavy atom. The quantitative estimate of drug-likeness (QED) is 0.541. The van der Waals surface area contributed by atoms with E-state index >= 15 is 0 Å². The topological polar surface area (TPSA) is 75.3 Å². The lowest BCUT2D eigenvalue weighted by Crippen LogP contribution is -2.12. The van der Waals surface area contributed by atoms with Crippen LogP contribution in [0, 0.1) is 12.7 Å². The molecule has 2 aromatic carbocycles. The van der Waals surface area contributed by atoms with E-state index in [1.807, 2.05) is 31.2 Å². The molecule has 158 valence electrons.